The van der Waals surface area contributed by atoms with Crippen molar-refractivity contribution in [2.45, 2.75) is 11.8 Å². The number of aromatic nitrogens is 2. The summed E-state index contributed by atoms with van der Waals surface area (Å²) >= 11 is 2.50. The molecule has 0 aliphatic rings. The molecule has 26 heavy (non-hydrogen) atoms. The van der Waals surface area contributed by atoms with E-state index in [9.17, 15) is 18.4 Å². The van der Waals surface area contributed by atoms with E-state index < -0.39 is 6.61 Å². The number of ether oxygens (including phenoxy) is 1. The molecule has 0 saturated heterocycles. The van der Waals surface area contributed by atoms with Gasteiger partial charge in [-0.2, -0.15) is 8.78 Å². The molecule has 6 nitrogen and oxygen atoms in total. The van der Waals surface area contributed by atoms with E-state index in [0.717, 1.165) is 11.8 Å². The van der Waals surface area contributed by atoms with Crippen molar-refractivity contribution in [3.05, 3.63) is 46.1 Å². The Morgan fingerprint density at radius 2 is 2.08 bits per heavy atom. The van der Waals surface area contributed by atoms with Gasteiger partial charge in [-0.3, -0.25) is 14.2 Å². The predicted molar refractivity (Wildman–Crippen MR) is 97.3 cm³/mol. The van der Waals surface area contributed by atoms with Crippen molar-refractivity contribution in [2.75, 3.05) is 11.1 Å². The minimum absolute atomic E-state index is 0.0100. The highest BCUT2D eigenvalue weighted by atomic mass is 32.2. The molecule has 0 spiro atoms. The van der Waals surface area contributed by atoms with Crippen molar-refractivity contribution in [2.24, 2.45) is 7.05 Å². The van der Waals surface area contributed by atoms with E-state index in [1.165, 1.54) is 40.2 Å². The van der Waals surface area contributed by atoms with Gasteiger partial charge in [-0.25, -0.2) is 4.98 Å². The van der Waals surface area contributed by atoms with Crippen LogP contribution in [0.5, 0.6) is 5.75 Å². The quantitative estimate of drug-likeness (QED) is 0.510. The van der Waals surface area contributed by atoms with E-state index >= 15 is 0 Å². The summed E-state index contributed by atoms with van der Waals surface area (Å²) in [4.78, 5) is 29.3. The zero-order valence-corrected chi connectivity index (χ0v) is 15.1. The number of fused-ring (bicyclic) bond motifs is 1. The van der Waals surface area contributed by atoms with Crippen molar-refractivity contribution in [1.29, 1.82) is 0 Å². The Bertz CT molecular complexity index is 987. The second kappa shape index (κ2) is 7.83. The molecule has 3 aromatic rings. The standard InChI is InChI=1S/C16H13F2N3O3S2/c1-21-14(23)11-6-7-25-13(11)20-16(21)26-8-12(22)19-9-2-4-10(5-3-9)24-15(17)18/h2-7,15H,8H2,1H3,(H,19,22). The van der Waals surface area contributed by atoms with Crippen molar-refractivity contribution >= 4 is 44.9 Å². The molecule has 0 aliphatic carbocycles. The van der Waals surface area contributed by atoms with Gasteiger partial charge in [0.1, 0.15) is 10.6 Å². The van der Waals surface area contributed by atoms with Crippen molar-refractivity contribution < 1.29 is 18.3 Å². The smallest absolute Gasteiger partial charge is 0.387 e. The zero-order valence-electron chi connectivity index (χ0n) is 13.4. The summed E-state index contributed by atoms with van der Waals surface area (Å²) in [5, 5.41) is 5.44. The van der Waals surface area contributed by atoms with E-state index in [2.05, 4.69) is 15.0 Å². The molecule has 0 bridgehead atoms. The Morgan fingerprint density at radius 1 is 1.35 bits per heavy atom. The molecule has 0 aliphatic heterocycles. The van der Waals surface area contributed by atoms with Gasteiger partial charge in [0.15, 0.2) is 5.16 Å². The lowest BCUT2D eigenvalue weighted by molar-refractivity contribution is -0.113. The zero-order chi connectivity index (χ0) is 18.7. The maximum atomic E-state index is 12.2. The fourth-order valence-electron chi connectivity index (χ4n) is 2.16. The number of hydrogen-bond donors (Lipinski definition) is 1. The van der Waals surface area contributed by atoms with Gasteiger partial charge in [-0.1, -0.05) is 11.8 Å². The third kappa shape index (κ3) is 4.20. The van der Waals surface area contributed by atoms with E-state index in [1.54, 1.807) is 18.5 Å². The van der Waals surface area contributed by atoms with E-state index in [0.29, 0.717) is 21.1 Å². The van der Waals surface area contributed by atoms with Crippen LogP contribution in [0.2, 0.25) is 0 Å². The monoisotopic (exact) mass is 397 g/mol. The molecule has 10 heteroatoms. The van der Waals surface area contributed by atoms with Crippen LogP contribution in [-0.2, 0) is 11.8 Å². The molecule has 2 heterocycles. The molecule has 1 N–H and O–H groups in total. The molecule has 0 unspecified atom stereocenters. The average Bonchev–Trinajstić information content (AvgIpc) is 3.07. The van der Waals surface area contributed by atoms with Crippen LogP contribution in [-0.4, -0.2) is 27.8 Å². The molecular weight excluding hydrogens is 384 g/mol. The lowest BCUT2D eigenvalue weighted by atomic mass is 10.3. The number of amides is 1. The first-order valence-electron chi connectivity index (χ1n) is 7.36. The summed E-state index contributed by atoms with van der Waals surface area (Å²) in [6, 6.07) is 7.33. The number of thiophene rings is 1. The Hall–Kier alpha value is -2.46. The number of hydrogen-bond acceptors (Lipinski definition) is 6. The van der Waals surface area contributed by atoms with Gasteiger partial charge in [0.05, 0.1) is 11.1 Å². The fourth-order valence-corrected chi connectivity index (χ4v) is 3.73. The van der Waals surface area contributed by atoms with Crippen LogP contribution < -0.4 is 15.6 Å². The highest BCUT2D eigenvalue weighted by Crippen LogP contribution is 2.21. The van der Waals surface area contributed by atoms with Crippen LogP contribution in [0, 0.1) is 0 Å². The van der Waals surface area contributed by atoms with Gasteiger partial charge in [0, 0.05) is 12.7 Å². The minimum atomic E-state index is -2.90. The number of benzene rings is 1. The van der Waals surface area contributed by atoms with Gasteiger partial charge < -0.3 is 10.1 Å². The largest absolute Gasteiger partial charge is 0.435 e. The average molecular weight is 397 g/mol. The number of halogens is 2. The molecule has 0 radical (unpaired) electrons. The van der Waals surface area contributed by atoms with Gasteiger partial charge in [0.25, 0.3) is 5.56 Å². The predicted octanol–water partition coefficient (Wildman–Crippen LogP) is 3.33. The third-order valence-corrected chi connectivity index (χ3v) is 5.20. The van der Waals surface area contributed by atoms with Crippen LogP contribution in [0.15, 0.2) is 45.7 Å². The molecule has 136 valence electrons. The maximum Gasteiger partial charge on any atom is 0.387 e. The molecule has 2 aromatic heterocycles. The first-order valence-corrected chi connectivity index (χ1v) is 9.22. The lowest BCUT2D eigenvalue weighted by Crippen LogP contribution is -2.20. The SMILES string of the molecule is Cn1c(SCC(=O)Nc2ccc(OC(F)F)cc2)nc2sccc2c1=O. The summed E-state index contributed by atoms with van der Waals surface area (Å²) in [5.74, 6) is -0.249. The van der Waals surface area contributed by atoms with Crippen molar-refractivity contribution in [3.8, 4) is 5.75 Å². The van der Waals surface area contributed by atoms with E-state index in [1.807, 2.05) is 0 Å². The van der Waals surface area contributed by atoms with Crippen LogP contribution >= 0.6 is 23.1 Å². The first-order chi connectivity index (χ1) is 12.4. The van der Waals surface area contributed by atoms with Crippen LogP contribution in [0.3, 0.4) is 0 Å². The van der Waals surface area contributed by atoms with Crippen molar-refractivity contribution in [3.63, 3.8) is 0 Å². The lowest BCUT2D eigenvalue weighted by Gasteiger charge is -2.09. The molecule has 0 saturated carbocycles. The molecule has 1 amide bonds. The third-order valence-electron chi connectivity index (χ3n) is 3.36. The topological polar surface area (TPSA) is 73.2 Å². The molecule has 3 rings (SSSR count). The highest BCUT2D eigenvalue weighted by molar-refractivity contribution is 7.99. The Labute approximate surface area is 154 Å². The van der Waals surface area contributed by atoms with Crippen molar-refractivity contribution in [1.82, 2.24) is 9.55 Å². The van der Waals surface area contributed by atoms with Crippen LogP contribution in [0.4, 0.5) is 14.5 Å². The minimum Gasteiger partial charge on any atom is -0.435 e. The number of alkyl halides is 2. The summed E-state index contributed by atoms with van der Waals surface area (Å²) in [6.07, 6.45) is 0. The summed E-state index contributed by atoms with van der Waals surface area (Å²) < 4.78 is 29.9. The summed E-state index contributed by atoms with van der Waals surface area (Å²) in [7, 11) is 1.61. The number of carbonyl (C=O) groups excluding carboxylic acids is 1. The first kappa shape index (κ1) is 18.3. The van der Waals surface area contributed by atoms with Gasteiger partial charge in [0.2, 0.25) is 5.91 Å². The molecular formula is C16H13F2N3O3S2. The number of thioether (sulfide) groups is 1. The number of nitrogens with zero attached hydrogens (tertiary/aromatic N) is 2. The molecule has 0 fully saturated rings. The highest BCUT2D eigenvalue weighted by Gasteiger charge is 2.12. The van der Waals surface area contributed by atoms with Gasteiger partial charge in [-0.15, -0.1) is 11.3 Å². The molecule has 1 aromatic carbocycles. The fraction of sp³-hybridized carbons (Fsp3) is 0.188. The Morgan fingerprint density at radius 3 is 2.77 bits per heavy atom. The molecule has 0 atom stereocenters. The second-order valence-electron chi connectivity index (χ2n) is 5.14. The Balaban J connectivity index is 1.62. The van der Waals surface area contributed by atoms with Gasteiger partial charge in [-0.05, 0) is 35.7 Å². The maximum absolute atomic E-state index is 12.2. The van der Waals surface area contributed by atoms with Crippen LogP contribution in [0.25, 0.3) is 10.2 Å². The summed E-state index contributed by atoms with van der Waals surface area (Å²) in [6.45, 7) is -2.90. The van der Waals surface area contributed by atoms with E-state index in [4.69, 9.17) is 0 Å². The van der Waals surface area contributed by atoms with Gasteiger partial charge >= 0.3 is 6.61 Å². The van der Waals surface area contributed by atoms with Crippen LogP contribution in [0.1, 0.15) is 0 Å². The number of rotatable bonds is 6. The van der Waals surface area contributed by atoms with E-state index in [-0.39, 0.29) is 23.0 Å². The summed E-state index contributed by atoms with van der Waals surface area (Å²) in [5.41, 5.74) is 0.293. The number of nitrogens with one attached hydrogen (secondary N) is 1. The normalized spacial score (nSPS) is 11.1. The number of carbonyl (C=O) groups is 1. The Kier molecular flexibility index (Phi) is 5.52. The number of anilines is 1. The second-order valence-corrected chi connectivity index (χ2v) is 6.97.